The second-order valence-electron chi connectivity index (χ2n) is 6.03. The fraction of sp³-hybridized carbons (Fsp3) is 0.588. The Morgan fingerprint density at radius 3 is 2.68 bits per heavy atom. The minimum absolute atomic E-state index is 0.145. The maximum atomic E-state index is 13.8. The fourth-order valence-corrected chi connectivity index (χ4v) is 2.71. The summed E-state index contributed by atoms with van der Waals surface area (Å²) in [5.74, 6) is 0.825. The first-order chi connectivity index (χ1) is 10.6. The molecule has 5 heteroatoms. The number of nitrogens with one attached hydrogen (secondary N) is 1. The molecule has 1 N–H and O–H groups in total. The van der Waals surface area contributed by atoms with E-state index in [-0.39, 0.29) is 5.82 Å². The zero-order valence-electron chi connectivity index (χ0n) is 13.9. The summed E-state index contributed by atoms with van der Waals surface area (Å²) in [5, 5.41) is 3.35. The third-order valence-electron chi connectivity index (χ3n) is 3.75. The lowest BCUT2D eigenvalue weighted by molar-refractivity contribution is 0.392. The van der Waals surface area contributed by atoms with Crippen LogP contribution in [0.2, 0.25) is 0 Å². The Bertz CT molecular complexity index is 507. The third-order valence-corrected chi connectivity index (χ3v) is 3.75. The van der Waals surface area contributed by atoms with Gasteiger partial charge in [0, 0.05) is 31.7 Å². The zero-order chi connectivity index (χ0) is 15.9. The summed E-state index contributed by atoms with van der Waals surface area (Å²) in [7, 11) is 3.89. The van der Waals surface area contributed by atoms with Crippen molar-refractivity contribution in [1.82, 2.24) is 15.1 Å². The minimum Gasteiger partial charge on any atom is -0.357 e. The molecule has 0 atom stereocenters. The van der Waals surface area contributed by atoms with Crippen LogP contribution in [0.5, 0.6) is 0 Å². The summed E-state index contributed by atoms with van der Waals surface area (Å²) in [6.07, 6.45) is 2.46. The standard InChI is InChI=1S/C17H27FN4/c1-4-19-17(22-9-5-6-10-22)20-12-14-7-8-16(18)15(11-14)13-21(2)3/h7-8,11H,4-6,9-10,12-13H2,1-3H3,(H,19,20). The molecular formula is C17H27FN4. The first kappa shape index (κ1) is 16.7. The van der Waals surface area contributed by atoms with E-state index in [0.717, 1.165) is 36.7 Å². The van der Waals surface area contributed by atoms with Crippen LogP contribution in [0.1, 0.15) is 30.9 Å². The predicted octanol–water partition coefficient (Wildman–Crippen LogP) is 2.45. The number of guanidine groups is 1. The maximum absolute atomic E-state index is 13.8. The normalized spacial score (nSPS) is 15.7. The van der Waals surface area contributed by atoms with Crippen LogP contribution in [0.4, 0.5) is 4.39 Å². The Morgan fingerprint density at radius 1 is 1.32 bits per heavy atom. The molecule has 0 aromatic heterocycles. The van der Waals surface area contributed by atoms with Gasteiger partial charge in [-0.15, -0.1) is 0 Å². The molecule has 2 rings (SSSR count). The highest BCUT2D eigenvalue weighted by atomic mass is 19.1. The lowest BCUT2D eigenvalue weighted by Crippen LogP contribution is -2.39. The largest absolute Gasteiger partial charge is 0.357 e. The second kappa shape index (κ2) is 8.13. The van der Waals surface area contributed by atoms with Gasteiger partial charge in [0.25, 0.3) is 0 Å². The van der Waals surface area contributed by atoms with Gasteiger partial charge in [0.2, 0.25) is 0 Å². The molecule has 4 nitrogen and oxygen atoms in total. The predicted molar refractivity (Wildman–Crippen MR) is 89.4 cm³/mol. The van der Waals surface area contributed by atoms with Crippen LogP contribution in [0, 0.1) is 5.82 Å². The van der Waals surface area contributed by atoms with E-state index in [1.54, 1.807) is 6.07 Å². The van der Waals surface area contributed by atoms with Crippen LogP contribution < -0.4 is 5.32 Å². The summed E-state index contributed by atoms with van der Waals surface area (Å²) in [6, 6.07) is 5.30. The van der Waals surface area contributed by atoms with Crippen LogP contribution in [-0.4, -0.2) is 49.5 Å². The van der Waals surface area contributed by atoms with Gasteiger partial charge in [-0.25, -0.2) is 9.38 Å². The highest BCUT2D eigenvalue weighted by Crippen LogP contribution is 2.14. The molecule has 1 aliphatic heterocycles. The zero-order valence-corrected chi connectivity index (χ0v) is 13.9. The molecule has 1 aromatic rings. The number of halogens is 1. The van der Waals surface area contributed by atoms with E-state index < -0.39 is 0 Å². The molecule has 1 aliphatic rings. The van der Waals surface area contributed by atoms with Gasteiger partial charge in [-0.05, 0) is 51.6 Å². The highest BCUT2D eigenvalue weighted by Gasteiger charge is 2.15. The first-order valence-electron chi connectivity index (χ1n) is 8.05. The van der Waals surface area contributed by atoms with E-state index in [0.29, 0.717) is 13.1 Å². The lowest BCUT2D eigenvalue weighted by Gasteiger charge is -2.20. The summed E-state index contributed by atoms with van der Waals surface area (Å²) >= 11 is 0. The van der Waals surface area contributed by atoms with Gasteiger partial charge in [0.05, 0.1) is 6.54 Å². The summed E-state index contributed by atoms with van der Waals surface area (Å²) in [6.45, 7) is 6.28. The molecule has 0 saturated carbocycles. The number of hydrogen-bond acceptors (Lipinski definition) is 2. The van der Waals surface area contributed by atoms with E-state index in [1.807, 2.05) is 31.1 Å². The maximum Gasteiger partial charge on any atom is 0.194 e. The molecule has 22 heavy (non-hydrogen) atoms. The summed E-state index contributed by atoms with van der Waals surface area (Å²) < 4.78 is 13.8. The number of rotatable bonds is 5. The number of hydrogen-bond donors (Lipinski definition) is 1. The van der Waals surface area contributed by atoms with Crippen LogP contribution in [0.3, 0.4) is 0 Å². The summed E-state index contributed by atoms with van der Waals surface area (Å²) in [4.78, 5) is 8.98. The van der Waals surface area contributed by atoms with E-state index in [2.05, 4.69) is 17.1 Å². The molecule has 1 fully saturated rings. The van der Waals surface area contributed by atoms with Gasteiger partial charge in [-0.1, -0.05) is 6.07 Å². The van der Waals surface area contributed by atoms with Gasteiger partial charge >= 0.3 is 0 Å². The van der Waals surface area contributed by atoms with Crippen molar-refractivity contribution in [2.24, 2.45) is 4.99 Å². The number of nitrogens with zero attached hydrogens (tertiary/aromatic N) is 3. The third kappa shape index (κ3) is 4.70. The SMILES string of the molecule is CCNC(=NCc1ccc(F)c(CN(C)C)c1)N1CCCC1. The second-order valence-corrected chi connectivity index (χ2v) is 6.03. The van der Waals surface area contributed by atoms with Crippen molar-refractivity contribution in [3.8, 4) is 0 Å². The van der Waals surface area contributed by atoms with Gasteiger partial charge in [0.15, 0.2) is 5.96 Å². The van der Waals surface area contributed by atoms with E-state index >= 15 is 0 Å². The molecule has 0 aliphatic carbocycles. The van der Waals surface area contributed by atoms with Crippen molar-refractivity contribution in [3.63, 3.8) is 0 Å². The van der Waals surface area contributed by atoms with Crippen molar-refractivity contribution < 1.29 is 4.39 Å². The van der Waals surface area contributed by atoms with Crippen LogP contribution in [-0.2, 0) is 13.1 Å². The Hall–Kier alpha value is -1.62. The molecule has 0 bridgehead atoms. The van der Waals surface area contributed by atoms with Gasteiger partial charge in [-0.2, -0.15) is 0 Å². The highest BCUT2D eigenvalue weighted by molar-refractivity contribution is 5.80. The number of benzene rings is 1. The summed E-state index contributed by atoms with van der Waals surface area (Å²) in [5.41, 5.74) is 1.77. The van der Waals surface area contributed by atoms with E-state index in [1.165, 1.54) is 12.8 Å². The van der Waals surface area contributed by atoms with Gasteiger partial charge < -0.3 is 15.1 Å². The molecule has 0 radical (unpaired) electrons. The van der Waals surface area contributed by atoms with Crippen molar-refractivity contribution >= 4 is 5.96 Å². The molecular weight excluding hydrogens is 279 g/mol. The van der Waals surface area contributed by atoms with Crippen LogP contribution in [0.15, 0.2) is 23.2 Å². The topological polar surface area (TPSA) is 30.9 Å². The average molecular weight is 306 g/mol. The van der Waals surface area contributed by atoms with Gasteiger partial charge in [0.1, 0.15) is 5.82 Å². The molecule has 1 heterocycles. The monoisotopic (exact) mass is 306 g/mol. The molecule has 1 aromatic carbocycles. The molecule has 0 unspecified atom stereocenters. The van der Waals surface area contributed by atoms with E-state index in [4.69, 9.17) is 4.99 Å². The van der Waals surface area contributed by atoms with Crippen LogP contribution >= 0.6 is 0 Å². The smallest absolute Gasteiger partial charge is 0.194 e. The van der Waals surface area contributed by atoms with Crippen molar-refractivity contribution in [2.45, 2.75) is 32.9 Å². The molecule has 0 spiro atoms. The Kier molecular flexibility index (Phi) is 6.19. The molecule has 122 valence electrons. The lowest BCUT2D eigenvalue weighted by atomic mass is 10.1. The Labute approximate surface area is 133 Å². The van der Waals surface area contributed by atoms with Crippen LogP contribution in [0.25, 0.3) is 0 Å². The van der Waals surface area contributed by atoms with Crippen molar-refractivity contribution in [3.05, 3.63) is 35.1 Å². The number of aliphatic imine (C=N–C) groups is 1. The fourth-order valence-electron chi connectivity index (χ4n) is 2.71. The number of likely N-dealkylation sites (tertiary alicyclic amines) is 1. The molecule has 1 saturated heterocycles. The van der Waals surface area contributed by atoms with Gasteiger partial charge in [-0.3, -0.25) is 0 Å². The van der Waals surface area contributed by atoms with Crippen molar-refractivity contribution in [2.75, 3.05) is 33.7 Å². The average Bonchev–Trinajstić information content (AvgIpc) is 3.00. The Balaban J connectivity index is 2.09. The first-order valence-corrected chi connectivity index (χ1v) is 8.05. The molecule has 0 amide bonds. The minimum atomic E-state index is -0.145. The van der Waals surface area contributed by atoms with Crippen molar-refractivity contribution in [1.29, 1.82) is 0 Å². The van der Waals surface area contributed by atoms with E-state index in [9.17, 15) is 4.39 Å². The Morgan fingerprint density at radius 2 is 2.05 bits per heavy atom. The quantitative estimate of drug-likeness (QED) is 0.669.